The van der Waals surface area contributed by atoms with Crippen LogP contribution in [0.2, 0.25) is 10.0 Å². The zero-order valence-electron chi connectivity index (χ0n) is 10.2. The monoisotopic (exact) mass is 292 g/mol. The van der Waals surface area contributed by atoms with E-state index in [-0.39, 0.29) is 22.5 Å². The first kappa shape index (κ1) is 15.1. The van der Waals surface area contributed by atoms with Crippen molar-refractivity contribution in [2.75, 3.05) is 18.4 Å². The van der Waals surface area contributed by atoms with Gasteiger partial charge in [-0.25, -0.2) is 4.39 Å². The Morgan fingerprint density at radius 2 is 1.89 bits per heavy atom. The number of carbonyl (C=O) groups is 1. The molecule has 0 atom stereocenters. The van der Waals surface area contributed by atoms with Crippen molar-refractivity contribution in [2.45, 2.75) is 13.8 Å². The van der Waals surface area contributed by atoms with Gasteiger partial charge in [-0.1, -0.05) is 37.0 Å². The Hall–Kier alpha value is -1.00. The van der Waals surface area contributed by atoms with Gasteiger partial charge in [0.05, 0.1) is 22.3 Å². The second kappa shape index (κ2) is 6.81. The number of anilines is 1. The van der Waals surface area contributed by atoms with Crippen LogP contribution in [0, 0.1) is 11.7 Å². The summed E-state index contributed by atoms with van der Waals surface area (Å²) in [5.41, 5.74) is 0.361. The summed E-state index contributed by atoms with van der Waals surface area (Å²) in [6, 6.07) is 2.28. The van der Waals surface area contributed by atoms with Gasteiger partial charge in [0, 0.05) is 6.54 Å². The molecular weight excluding hydrogens is 278 g/mol. The lowest BCUT2D eigenvalue weighted by Crippen LogP contribution is -2.32. The third kappa shape index (κ3) is 4.70. The molecule has 0 fully saturated rings. The molecule has 0 bridgehead atoms. The van der Waals surface area contributed by atoms with E-state index < -0.39 is 5.82 Å². The van der Waals surface area contributed by atoms with Crippen LogP contribution < -0.4 is 10.6 Å². The SMILES string of the molecule is CC(C)CNC(=O)CNc1c(Cl)cc(F)cc1Cl. The molecule has 0 aromatic heterocycles. The lowest BCUT2D eigenvalue weighted by Gasteiger charge is -2.11. The number of carbonyl (C=O) groups excluding carboxylic acids is 1. The highest BCUT2D eigenvalue weighted by atomic mass is 35.5. The fourth-order valence-corrected chi connectivity index (χ4v) is 1.85. The number of halogens is 3. The first-order valence-electron chi connectivity index (χ1n) is 5.55. The predicted octanol–water partition coefficient (Wildman–Crippen LogP) is 3.32. The molecule has 3 nitrogen and oxygen atoms in total. The number of hydrogen-bond donors (Lipinski definition) is 2. The molecule has 100 valence electrons. The van der Waals surface area contributed by atoms with Gasteiger partial charge in [-0.05, 0) is 18.1 Å². The molecule has 0 spiro atoms. The van der Waals surface area contributed by atoms with Crippen LogP contribution in [0.3, 0.4) is 0 Å². The minimum atomic E-state index is -0.514. The normalized spacial score (nSPS) is 10.6. The molecule has 0 radical (unpaired) electrons. The Labute approximate surface area is 116 Å². The van der Waals surface area contributed by atoms with E-state index in [0.29, 0.717) is 18.2 Å². The minimum Gasteiger partial charge on any atom is -0.374 e. The van der Waals surface area contributed by atoms with Crippen molar-refractivity contribution in [2.24, 2.45) is 5.92 Å². The number of nitrogens with one attached hydrogen (secondary N) is 2. The molecule has 0 aliphatic rings. The van der Waals surface area contributed by atoms with Crippen molar-refractivity contribution in [3.8, 4) is 0 Å². The Bertz CT molecular complexity index is 415. The summed E-state index contributed by atoms with van der Waals surface area (Å²) >= 11 is 11.7. The van der Waals surface area contributed by atoms with E-state index in [9.17, 15) is 9.18 Å². The third-order valence-electron chi connectivity index (χ3n) is 2.14. The number of amides is 1. The summed E-state index contributed by atoms with van der Waals surface area (Å²) in [7, 11) is 0. The summed E-state index contributed by atoms with van der Waals surface area (Å²) in [4.78, 5) is 11.5. The van der Waals surface area contributed by atoms with Crippen LogP contribution in [0.1, 0.15) is 13.8 Å². The van der Waals surface area contributed by atoms with Crippen molar-refractivity contribution in [1.29, 1.82) is 0 Å². The lowest BCUT2D eigenvalue weighted by atomic mass is 10.2. The maximum Gasteiger partial charge on any atom is 0.239 e. The highest BCUT2D eigenvalue weighted by molar-refractivity contribution is 6.39. The molecule has 1 aromatic carbocycles. The van der Waals surface area contributed by atoms with Gasteiger partial charge < -0.3 is 10.6 Å². The molecule has 1 amide bonds. The molecular formula is C12H15Cl2FN2O. The quantitative estimate of drug-likeness (QED) is 0.874. The van der Waals surface area contributed by atoms with Gasteiger partial charge in [0.1, 0.15) is 5.82 Å². The Balaban J connectivity index is 2.56. The van der Waals surface area contributed by atoms with Crippen LogP contribution in [-0.4, -0.2) is 19.0 Å². The molecule has 0 heterocycles. The second-order valence-corrected chi connectivity index (χ2v) is 5.11. The number of hydrogen-bond acceptors (Lipinski definition) is 2. The van der Waals surface area contributed by atoms with Crippen LogP contribution in [0.4, 0.5) is 10.1 Å². The summed E-state index contributed by atoms with van der Waals surface area (Å²) < 4.78 is 12.9. The van der Waals surface area contributed by atoms with Gasteiger partial charge in [0.2, 0.25) is 5.91 Å². The first-order valence-corrected chi connectivity index (χ1v) is 6.31. The Morgan fingerprint density at radius 1 is 1.33 bits per heavy atom. The largest absolute Gasteiger partial charge is 0.374 e. The zero-order valence-corrected chi connectivity index (χ0v) is 11.7. The van der Waals surface area contributed by atoms with Gasteiger partial charge in [-0.15, -0.1) is 0 Å². The Morgan fingerprint density at radius 3 is 2.39 bits per heavy atom. The summed E-state index contributed by atoms with van der Waals surface area (Å²) in [6.45, 7) is 4.64. The van der Waals surface area contributed by atoms with E-state index in [1.807, 2.05) is 13.8 Å². The maximum atomic E-state index is 12.9. The topological polar surface area (TPSA) is 41.1 Å². The molecule has 1 rings (SSSR count). The summed E-state index contributed by atoms with van der Waals surface area (Å²) in [5.74, 6) is -0.299. The highest BCUT2D eigenvalue weighted by Crippen LogP contribution is 2.30. The van der Waals surface area contributed by atoms with Crippen LogP contribution in [0.25, 0.3) is 0 Å². The van der Waals surface area contributed by atoms with Crippen LogP contribution in [0.5, 0.6) is 0 Å². The smallest absolute Gasteiger partial charge is 0.239 e. The van der Waals surface area contributed by atoms with Gasteiger partial charge in [-0.3, -0.25) is 4.79 Å². The van der Waals surface area contributed by atoms with Crippen LogP contribution >= 0.6 is 23.2 Å². The molecule has 0 aliphatic heterocycles. The average molecular weight is 293 g/mol. The number of rotatable bonds is 5. The van der Waals surface area contributed by atoms with E-state index in [1.165, 1.54) is 0 Å². The molecule has 0 saturated carbocycles. The van der Waals surface area contributed by atoms with Crippen LogP contribution in [-0.2, 0) is 4.79 Å². The molecule has 18 heavy (non-hydrogen) atoms. The van der Waals surface area contributed by atoms with E-state index in [1.54, 1.807) is 0 Å². The molecule has 0 aliphatic carbocycles. The van der Waals surface area contributed by atoms with E-state index in [0.717, 1.165) is 12.1 Å². The fourth-order valence-electron chi connectivity index (χ4n) is 1.26. The third-order valence-corrected chi connectivity index (χ3v) is 2.74. The van der Waals surface area contributed by atoms with Gasteiger partial charge >= 0.3 is 0 Å². The summed E-state index contributed by atoms with van der Waals surface area (Å²) in [6.07, 6.45) is 0. The Kier molecular flexibility index (Phi) is 5.69. The predicted molar refractivity (Wildman–Crippen MR) is 72.8 cm³/mol. The van der Waals surface area contributed by atoms with Gasteiger partial charge in [0.15, 0.2) is 0 Å². The van der Waals surface area contributed by atoms with E-state index >= 15 is 0 Å². The summed E-state index contributed by atoms with van der Waals surface area (Å²) in [5, 5.41) is 5.83. The molecule has 2 N–H and O–H groups in total. The van der Waals surface area contributed by atoms with Crippen molar-refractivity contribution < 1.29 is 9.18 Å². The van der Waals surface area contributed by atoms with Crippen molar-refractivity contribution in [3.05, 3.63) is 28.0 Å². The van der Waals surface area contributed by atoms with E-state index in [4.69, 9.17) is 23.2 Å². The van der Waals surface area contributed by atoms with Crippen LogP contribution in [0.15, 0.2) is 12.1 Å². The fraction of sp³-hybridized carbons (Fsp3) is 0.417. The van der Waals surface area contributed by atoms with Gasteiger partial charge in [0.25, 0.3) is 0 Å². The lowest BCUT2D eigenvalue weighted by molar-refractivity contribution is -0.119. The highest BCUT2D eigenvalue weighted by Gasteiger charge is 2.10. The zero-order chi connectivity index (χ0) is 13.7. The van der Waals surface area contributed by atoms with Crippen molar-refractivity contribution >= 4 is 34.8 Å². The number of benzene rings is 1. The van der Waals surface area contributed by atoms with Crippen molar-refractivity contribution in [1.82, 2.24) is 5.32 Å². The maximum absolute atomic E-state index is 12.9. The standard InChI is InChI=1S/C12H15Cl2FN2O/c1-7(2)5-16-11(18)6-17-12-9(13)3-8(15)4-10(12)14/h3-4,7,17H,5-6H2,1-2H3,(H,16,18). The van der Waals surface area contributed by atoms with Crippen molar-refractivity contribution in [3.63, 3.8) is 0 Å². The molecule has 6 heteroatoms. The minimum absolute atomic E-state index is 0.0395. The van der Waals surface area contributed by atoms with E-state index in [2.05, 4.69) is 10.6 Å². The molecule has 0 saturated heterocycles. The molecule has 0 unspecified atom stereocenters. The molecule has 1 aromatic rings. The second-order valence-electron chi connectivity index (χ2n) is 4.30. The first-order chi connectivity index (χ1) is 8.40. The van der Waals surface area contributed by atoms with Gasteiger partial charge in [-0.2, -0.15) is 0 Å². The average Bonchev–Trinajstić information content (AvgIpc) is 2.24.